The van der Waals surface area contributed by atoms with Gasteiger partial charge in [-0.05, 0) is 24.6 Å². The van der Waals surface area contributed by atoms with E-state index in [2.05, 4.69) is 15.4 Å². The summed E-state index contributed by atoms with van der Waals surface area (Å²) in [6.07, 6.45) is -2.20. The van der Waals surface area contributed by atoms with Gasteiger partial charge in [0, 0.05) is 5.56 Å². The van der Waals surface area contributed by atoms with Crippen LogP contribution in [0.15, 0.2) is 42.6 Å². The van der Waals surface area contributed by atoms with Crippen molar-refractivity contribution >= 4 is 17.6 Å². The van der Waals surface area contributed by atoms with Crippen LogP contribution in [0.25, 0.3) is 16.9 Å². The molecule has 1 amide bonds. The topological polar surface area (TPSA) is 68.5 Å². The molecule has 0 aliphatic heterocycles. The zero-order chi connectivity index (χ0) is 19.4. The molecule has 0 saturated heterocycles. The molecule has 6 nitrogen and oxygen atoms in total. The summed E-state index contributed by atoms with van der Waals surface area (Å²) < 4.78 is 46.1. The van der Waals surface area contributed by atoms with Crippen LogP contribution in [0.3, 0.4) is 0 Å². The van der Waals surface area contributed by atoms with Crippen LogP contribution >= 0.6 is 0 Å². The van der Waals surface area contributed by atoms with Crippen LogP contribution < -0.4 is 5.32 Å². The molecular formula is C18H17F3N4O2. The van der Waals surface area contributed by atoms with Crippen LogP contribution in [-0.4, -0.2) is 27.3 Å². The first-order valence-corrected chi connectivity index (χ1v) is 8.35. The Labute approximate surface area is 153 Å². The highest BCUT2D eigenvalue weighted by molar-refractivity contribution is 5.84. The van der Waals surface area contributed by atoms with Crippen LogP contribution in [0.5, 0.6) is 0 Å². The maximum absolute atomic E-state index is 13.3. The van der Waals surface area contributed by atoms with Crippen molar-refractivity contribution in [2.45, 2.75) is 25.9 Å². The maximum Gasteiger partial charge on any atom is 0.417 e. The third kappa shape index (κ3) is 4.18. The molecule has 142 valence electrons. The number of nitrogens with one attached hydrogen (secondary N) is 1. The second kappa shape index (κ2) is 7.65. The lowest BCUT2D eigenvalue weighted by Gasteiger charge is -2.12. The number of fused-ring (bicyclic) bond motifs is 1. The van der Waals surface area contributed by atoms with Gasteiger partial charge in [0.1, 0.15) is 0 Å². The molecule has 0 aliphatic rings. The van der Waals surface area contributed by atoms with E-state index >= 15 is 0 Å². The molecule has 0 fully saturated rings. The lowest BCUT2D eigenvalue weighted by atomic mass is 10.0. The molecule has 1 aromatic carbocycles. The SMILES string of the molecule is CCCCOC(=O)Nc1cnc2ccc(-c3ccccc3C(F)(F)F)nn12. The first-order chi connectivity index (χ1) is 12.9. The van der Waals surface area contributed by atoms with Gasteiger partial charge in [0.2, 0.25) is 0 Å². The number of unbranched alkanes of at least 4 members (excludes halogenated alkanes) is 1. The number of hydrogen-bond donors (Lipinski definition) is 1. The fraction of sp³-hybridized carbons (Fsp3) is 0.278. The quantitative estimate of drug-likeness (QED) is 0.650. The summed E-state index contributed by atoms with van der Waals surface area (Å²) in [6.45, 7) is 2.24. The van der Waals surface area contributed by atoms with Gasteiger partial charge in [-0.1, -0.05) is 31.5 Å². The number of aromatic nitrogens is 3. The summed E-state index contributed by atoms with van der Waals surface area (Å²) in [5, 5.41) is 6.71. The summed E-state index contributed by atoms with van der Waals surface area (Å²) in [6, 6.07) is 8.16. The highest BCUT2D eigenvalue weighted by atomic mass is 19.4. The zero-order valence-corrected chi connectivity index (χ0v) is 14.5. The third-order valence-corrected chi connectivity index (χ3v) is 3.83. The molecular weight excluding hydrogens is 361 g/mol. The minimum absolute atomic E-state index is 0.0583. The van der Waals surface area contributed by atoms with Gasteiger partial charge >= 0.3 is 12.3 Å². The first kappa shape index (κ1) is 18.7. The number of carbonyl (C=O) groups excluding carboxylic acids is 1. The van der Waals surface area contributed by atoms with Crippen molar-refractivity contribution in [2.24, 2.45) is 0 Å². The number of benzene rings is 1. The summed E-state index contributed by atoms with van der Waals surface area (Å²) in [5.74, 6) is 0.206. The molecule has 2 aromatic heterocycles. The molecule has 9 heteroatoms. The highest BCUT2D eigenvalue weighted by Crippen LogP contribution is 2.36. The summed E-state index contributed by atoms with van der Waals surface area (Å²) in [7, 11) is 0. The minimum atomic E-state index is -4.51. The van der Waals surface area contributed by atoms with E-state index in [4.69, 9.17) is 4.74 Å². The average molecular weight is 378 g/mol. The second-order valence-corrected chi connectivity index (χ2v) is 5.79. The van der Waals surface area contributed by atoms with E-state index in [1.807, 2.05) is 6.92 Å². The fourth-order valence-corrected chi connectivity index (χ4v) is 2.51. The number of ether oxygens (including phenoxy) is 1. The Morgan fingerprint density at radius 3 is 2.74 bits per heavy atom. The van der Waals surface area contributed by atoms with Gasteiger partial charge in [-0.2, -0.15) is 22.8 Å². The number of hydrogen-bond acceptors (Lipinski definition) is 4. The molecule has 0 aliphatic carbocycles. The molecule has 0 radical (unpaired) electrons. The van der Waals surface area contributed by atoms with Gasteiger partial charge in [0.25, 0.3) is 0 Å². The molecule has 1 N–H and O–H groups in total. The van der Waals surface area contributed by atoms with Crippen LogP contribution in [0.4, 0.5) is 23.8 Å². The summed E-state index contributed by atoms with van der Waals surface area (Å²) in [4.78, 5) is 15.9. The minimum Gasteiger partial charge on any atom is -0.449 e. The maximum atomic E-state index is 13.3. The van der Waals surface area contributed by atoms with E-state index in [1.165, 1.54) is 41.0 Å². The van der Waals surface area contributed by atoms with Gasteiger partial charge in [-0.3, -0.25) is 5.32 Å². The predicted octanol–water partition coefficient (Wildman–Crippen LogP) is 4.76. The largest absolute Gasteiger partial charge is 0.449 e. The molecule has 27 heavy (non-hydrogen) atoms. The number of imidazole rings is 1. The second-order valence-electron chi connectivity index (χ2n) is 5.79. The van der Waals surface area contributed by atoms with E-state index in [9.17, 15) is 18.0 Å². The zero-order valence-electron chi connectivity index (χ0n) is 14.5. The smallest absolute Gasteiger partial charge is 0.417 e. The normalized spacial score (nSPS) is 11.6. The Bertz CT molecular complexity index is 953. The number of anilines is 1. The number of alkyl halides is 3. The van der Waals surface area contributed by atoms with E-state index in [0.717, 1.165) is 18.9 Å². The van der Waals surface area contributed by atoms with Crippen molar-refractivity contribution < 1.29 is 22.7 Å². The summed E-state index contributed by atoms with van der Waals surface area (Å²) in [5.41, 5.74) is -0.356. The van der Waals surface area contributed by atoms with E-state index < -0.39 is 17.8 Å². The van der Waals surface area contributed by atoms with Gasteiger partial charge in [0.15, 0.2) is 11.5 Å². The predicted molar refractivity (Wildman–Crippen MR) is 93.3 cm³/mol. The van der Waals surface area contributed by atoms with Crippen molar-refractivity contribution in [3.05, 3.63) is 48.2 Å². The van der Waals surface area contributed by atoms with Gasteiger partial charge in [0.05, 0.1) is 24.1 Å². The molecule has 3 rings (SSSR count). The molecule has 0 spiro atoms. The van der Waals surface area contributed by atoms with Crippen LogP contribution in [0.1, 0.15) is 25.3 Å². The Hall–Kier alpha value is -3.10. The molecule has 0 saturated carbocycles. The van der Waals surface area contributed by atoms with Crippen LogP contribution in [0, 0.1) is 0 Å². The molecule has 0 bridgehead atoms. The molecule has 3 aromatic rings. The first-order valence-electron chi connectivity index (χ1n) is 8.35. The van der Waals surface area contributed by atoms with Crippen LogP contribution in [0.2, 0.25) is 0 Å². The van der Waals surface area contributed by atoms with Crippen molar-refractivity contribution in [1.82, 2.24) is 14.6 Å². The van der Waals surface area contributed by atoms with Crippen molar-refractivity contribution in [3.8, 4) is 11.3 Å². The molecule has 0 unspecified atom stereocenters. The standard InChI is InChI=1S/C18H17F3N4O2/c1-2-3-10-27-17(26)23-16-11-22-15-9-8-14(24-25(15)16)12-6-4-5-7-13(12)18(19,20)21/h4-9,11H,2-3,10H2,1H3,(H,23,26). The summed E-state index contributed by atoms with van der Waals surface area (Å²) >= 11 is 0. The Morgan fingerprint density at radius 1 is 1.22 bits per heavy atom. The fourth-order valence-electron chi connectivity index (χ4n) is 2.51. The van der Waals surface area contributed by atoms with Gasteiger partial charge in [-0.25, -0.2) is 9.78 Å². The average Bonchev–Trinajstić information content (AvgIpc) is 3.03. The van der Waals surface area contributed by atoms with Gasteiger partial charge < -0.3 is 4.74 Å². The van der Waals surface area contributed by atoms with Crippen molar-refractivity contribution in [1.29, 1.82) is 0 Å². The number of nitrogens with zero attached hydrogens (tertiary/aromatic N) is 3. The number of rotatable bonds is 5. The van der Waals surface area contributed by atoms with Gasteiger partial charge in [-0.15, -0.1) is 0 Å². The van der Waals surface area contributed by atoms with E-state index in [1.54, 1.807) is 0 Å². The Kier molecular flexibility index (Phi) is 5.29. The van der Waals surface area contributed by atoms with Crippen LogP contribution in [-0.2, 0) is 10.9 Å². The number of halogens is 3. The molecule has 0 atom stereocenters. The lowest BCUT2D eigenvalue weighted by Crippen LogP contribution is -2.16. The number of carbonyl (C=O) groups is 1. The lowest BCUT2D eigenvalue weighted by molar-refractivity contribution is -0.137. The van der Waals surface area contributed by atoms with Crippen molar-refractivity contribution in [2.75, 3.05) is 11.9 Å². The monoisotopic (exact) mass is 378 g/mol. The van der Waals surface area contributed by atoms with E-state index in [-0.39, 0.29) is 23.7 Å². The highest BCUT2D eigenvalue weighted by Gasteiger charge is 2.33. The van der Waals surface area contributed by atoms with E-state index in [0.29, 0.717) is 5.65 Å². The molecule has 2 heterocycles. The Balaban J connectivity index is 1.93. The van der Waals surface area contributed by atoms with Crippen molar-refractivity contribution in [3.63, 3.8) is 0 Å². The third-order valence-electron chi connectivity index (χ3n) is 3.83. The number of amides is 1. The Morgan fingerprint density at radius 2 is 2.00 bits per heavy atom.